The Labute approximate surface area is 133 Å². The van der Waals surface area contributed by atoms with Gasteiger partial charge in [-0.05, 0) is 56.1 Å². The second kappa shape index (κ2) is 6.22. The Morgan fingerprint density at radius 1 is 1.33 bits per heavy atom. The summed E-state index contributed by atoms with van der Waals surface area (Å²) in [5, 5.41) is 12.2. The zero-order chi connectivity index (χ0) is 16.4. The SMILES string of the molecule is CCCn1cc(Br)cc1C(=O)NC(C)(C)C(C)(C)C(=O)O. The van der Waals surface area contributed by atoms with Gasteiger partial charge >= 0.3 is 5.97 Å². The number of hydrogen-bond acceptors (Lipinski definition) is 2. The molecule has 21 heavy (non-hydrogen) atoms. The number of carbonyl (C=O) groups excluding carboxylic acids is 1. The van der Waals surface area contributed by atoms with Gasteiger partial charge in [0.25, 0.3) is 5.91 Å². The molecule has 1 rings (SSSR count). The molecular formula is C15H23BrN2O3. The van der Waals surface area contributed by atoms with Gasteiger partial charge in [0.2, 0.25) is 0 Å². The van der Waals surface area contributed by atoms with Gasteiger partial charge in [-0.2, -0.15) is 0 Å². The Morgan fingerprint density at radius 3 is 2.38 bits per heavy atom. The third-order valence-corrected chi connectivity index (χ3v) is 4.52. The second-order valence-corrected chi connectivity index (χ2v) is 7.16. The van der Waals surface area contributed by atoms with E-state index in [2.05, 4.69) is 21.2 Å². The fourth-order valence-corrected chi connectivity index (χ4v) is 2.33. The first kappa shape index (κ1) is 17.8. The summed E-state index contributed by atoms with van der Waals surface area (Å²) in [6, 6.07) is 1.74. The fourth-order valence-electron chi connectivity index (χ4n) is 1.86. The van der Waals surface area contributed by atoms with Crippen molar-refractivity contribution in [1.82, 2.24) is 9.88 Å². The predicted octanol–water partition coefficient (Wildman–Crippen LogP) is 3.28. The van der Waals surface area contributed by atoms with E-state index in [-0.39, 0.29) is 5.91 Å². The molecule has 1 heterocycles. The van der Waals surface area contributed by atoms with Crippen LogP contribution in [0.2, 0.25) is 0 Å². The van der Waals surface area contributed by atoms with E-state index in [1.807, 2.05) is 17.7 Å². The number of nitrogens with zero attached hydrogens (tertiary/aromatic N) is 1. The highest BCUT2D eigenvalue weighted by Gasteiger charge is 2.44. The monoisotopic (exact) mass is 358 g/mol. The maximum absolute atomic E-state index is 12.5. The molecule has 0 aromatic carbocycles. The van der Waals surface area contributed by atoms with Crippen LogP contribution in [0.4, 0.5) is 0 Å². The molecule has 118 valence electrons. The van der Waals surface area contributed by atoms with E-state index in [9.17, 15) is 14.7 Å². The molecule has 2 N–H and O–H groups in total. The lowest BCUT2D eigenvalue weighted by molar-refractivity contribution is -0.150. The average molecular weight is 359 g/mol. The number of aliphatic carboxylic acids is 1. The standard InChI is InChI=1S/C15H23BrN2O3/c1-6-7-18-9-10(16)8-11(18)12(19)17-15(4,5)14(2,3)13(20)21/h8-9H,6-7H2,1-5H3,(H,17,19)(H,20,21). The second-order valence-electron chi connectivity index (χ2n) is 6.25. The Hall–Kier alpha value is -1.30. The molecule has 0 aliphatic carbocycles. The lowest BCUT2D eigenvalue weighted by Gasteiger charge is -2.38. The summed E-state index contributed by atoms with van der Waals surface area (Å²) >= 11 is 3.37. The van der Waals surface area contributed by atoms with Crippen molar-refractivity contribution < 1.29 is 14.7 Å². The number of aryl methyl sites for hydroxylation is 1. The zero-order valence-corrected chi connectivity index (χ0v) is 14.7. The first-order chi connectivity index (χ1) is 9.52. The minimum atomic E-state index is -1.08. The van der Waals surface area contributed by atoms with E-state index >= 15 is 0 Å². The van der Waals surface area contributed by atoms with E-state index < -0.39 is 16.9 Å². The molecule has 1 amide bonds. The summed E-state index contributed by atoms with van der Waals surface area (Å²) in [6.45, 7) is 9.43. The Bertz CT molecular complexity index is 547. The van der Waals surface area contributed by atoms with E-state index in [1.54, 1.807) is 33.8 Å². The van der Waals surface area contributed by atoms with E-state index in [4.69, 9.17) is 0 Å². The lowest BCUT2D eigenvalue weighted by Crippen LogP contribution is -2.57. The van der Waals surface area contributed by atoms with Gasteiger partial charge in [-0.25, -0.2) is 0 Å². The maximum atomic E-state index is 12.5. The number of carboxylic acid groups (broad SMARTS) is 1. The van der Waals surface area contributed by atoms with Crippen LogP contribution in [0.3, 0.4) is 0 Å². The molecule has 6 heteroatoms. The van der Waals surface area contributed by atoms with Crippen LogP contribution < -0.4 is 5.32 Å². The summed E-state index contributed by atoms with van der Waals surface area (Å²) in [4.78, 5) is 23.9. The van der Waals surface area contributed by atoms with Crippen molar-refractivity contribution in [3.05, 3.63) is 22.4 Å². The van der Waals surface area contributed by atoms with Crippen molar-refractivity contribution in [2.75, 3.05) is 0 Å². The molecule has 0 radical (unpaired) electrons. The smallest absolute Gasteiger partial charge is 0.311 e. The summed E-state index contributed by atoms with van der Waals surface area (Å²) in [7, 11) is 0. The molecule has 0 aliphatic rings. The van der Waals surface area contributed by atoms with Crippen LogP contribution in [0.5, 0.6) is 0 Å². The number of amides is 1. The third kappa shape index (κ3) is 3.67. The summed E-state index contributed by atoms with van der Waals surface area (Å²) in [6.07, 6.45) is 2.76. The molecule has 0 aliphatic heterocycles. The van der Waals surface area contributed by atoms with Gasteiger partial charge in [0.15, 0.2) is 0 Å². The van der Waals surface area contributed by atoms with Crippen molar-refractivity contribution in [2.24, 2.45) is 5.41 Å². The zero-order valence-electron chi connectivity index (χ0n) is 13.2. The van der Waals surface area contributed by atoms with Crippen LogP contribution in [0.1, 0.15) is 51.5 Å². The molecule has 0 saturated heterocycles. The Morgan fingerprint density at radius 2 is 1.90 bits per heavy atom. The van der Waals surface area contributed by atoms with Crippen molar-refractivity contribution in [3.8, 4) is 0 Å². The summed E-state index contributed by atoms with van der Waals surface area (Å²) < 4.78 is 2.69. The lowest BCUT2D eigenvalue weighted by atomic mass is 9.74. The van der Waals surface area contributed by atoms with Crippen molar-refractivity contribution in [2.45, 2.75) is 53.1 Å². The van der Waals surface area contributed by atoms with E-state index in [0.29, 0.717) is 5.69 Å². The minimum absolute atomic E-state index is 0.270. The van der Waals surface area contributed by atoms with Gasteiger partial charge in [-0.15, -0.1) is 0 Å². The maximum Gasteiger partial charge on any atom is 0.311 e. The van der Waals surface area contributed by atoms with E-state index in [0.717, 1.165) is 17.4 Å². The number of aromatic nitrogens is 1. The number of rotatable bonds is 6. The molecule has 0 atom stereocenters. The normalized spacial score (nSPS) is 12.3. The number of nitrogens with one attached hydrogen (secondary N) is 1. The van der Waals surface area contributed by atoms with Crippen molar-refractivity contribution >= 4 is 27.8 Å². The summed E-state index contributed by atoms with van der Waals surface area (Å²) in [5.41, 5.74) is -1.44. The average Bonchev–Trinajstić information content (AvgIpc) is 2.70. The number of halogens is 1. The van der Waals surface area contributed by atoms with Crippen LogP contribution in [0, 0.1) is 5.41 Å². The Kier molecular flexibility index (Phi) is 5.25. The van der Waals surface area contributed by atoms with Gasteiger partial charge in [0, 0.05) is 17.2 Å². The topological polar surface area (TPSA) is 71.3 Å². The van der Waals surface area contributed by atoms with Crippen LogP contribution in [-0.2, 0) is 11.3 Å². The molecule has 0 fully saturated rings. The molecule has 0 unspecified atom stereocenters. The van der Waals surface area contributed by atoms with Gasteiger partial charge in [-0.3, -0.25) is 9.59 Å². The highest BCUT2D eigenvalue weighted by molar-refractivity contribution is 9.10. The molecule has 0 bridgehead atoms. The predicted molar refractivity (Wildman–Crippen MR) is 85.4 cm³/mol. The highest BCUT2D eigenvalue weighted by Crippen LogP contribution is 2.31. The Balaban J connectivity index is 3.03. The van der Waals surface area contributed by atoms with Gasteiger partial charge in [-0.1, -0.05) is 6.92 Å². The molecule has 5 nitrogen and oxygen atoms in total. The first-order valence-corrected chi connectivity index (χ1v) is 7.74. The molecule has 0 spiro atoms. The first-order valence-electron chi connectivity index (χ1n) is 6.94. The van der Waals surface area contributed by atoms with Crippen LogP contribution >= 0.6 is 15.9 Å². The summed E-state index contributed by atoms with van der Waals surface area (Å²) in [5.74, 6) is -1.22. The minimum Gasteiger partial charge on any atom is -0.481 e. The quantitative estimate of drug-likeness (QED) is 0.819. The highest BCUT2D eigenvalue weighted by atomic mass is 79.9. The van der Waals surface area contributed by atoms with E-state index in [1.165, 1.54) is 0 Å². The molecule has 1 aromatic rings. The number of carboxylic acids is 1. The van der Waals surface area contributed by atoms with Crippen molar-refractivity contribution in [1.29, 1.82) is 0 Å². The van der Waals surface area contributed by atoms with Crippen LogP contribution in [0.25, 0.3) is 0 Å². The number of hydrogen-bond donors (Lipinski definition) is 2. The fraction of sp³-hybridized carbons (Fsp3) is 0.600. The van der Waals surface area contributed by atoms with Gasteiger partial charge in [0.1, 0.15) is 5.69 Å². The molecular weight excluding hydrogens is 336 g/mol. The third-order valence-electron chi connectivity index (χ3n) is 4.08. The van der Waals surface area contributed by atoms with Gasteiger partial charge < -0.3 is 15.0 Å². The van der Waals surface area contributed by atoms with Crippen molar-refractivity contribution in [3.63, 3.8) is 0 Å². The largest absolute Gasteiger partial charge is 0.481 e. The molecule has 1 aromatic heterocycles. The van der Waals surface area contributed by atoms with Gasteiger partial charge in [0.05, 0.1) is 11.0 Å². The van der Waals surface area contributed by atoms with Crippen LogP contribution in [0.15, 0.2) is 16.7 Å². The number of carbonyl (C=O) groups is 2. The van der Waals surface area contributed by atoms with Crippen LogP contribution in [-0.4, -0.2) is 27.1 Å². The molecule has 0 saturated carbocycles.